The summed E-state index contributed by atoms with van der Waals surface area (Å²) in [6.45, 7) is 4.00. The molecule has 0 bridgehead atoms. The zero-order valence-corrected chi connectivity index (χ0v) is 11.5. The average molecular weight is 279 g/mol. The molecule has 0 unspecified atom stereocenters. The lowest BCUT2D eigenvalue weighted by Crippen LogP contribution is -2.07. The molecular weight excluding hydrogens is 264 g/mol. The van der Waals surface area contributed by atoms with Crippen LogP contribution in [-0.2, 0) is 11.3 Å². The quantitative estimate of drug-likeness (QED) is 0.894. The molecular formula is C14H15ClN2O2. The lowest BCUT2D eigenvalue weighted by Gasteiger charge is -2.10. The molecule has 0 atom stereocenters. The van der Waals surface area contributed by atoms with Crippen LogP contribution in [0.3, 0.4) is 0 Å². The van der Waals surface area contributed by atoms with Gasteiger partial charge in [0.2, 0.25) is 5.91 Å². The summed E-state index contributed by atoms with van der Waals surface area (Å²) >= 11 is 5.70. The number of benzene rings is 1. The number of carbonyl (C=O) groups is 1. The van der Waals surface area contributed by atoms with Gasteiger partial charge >= 0.3 is 0 Å². The van der Waals surface area contributed by atoms with E-state index >= 15 is 0 Å². The van der Waals surface area contributed by atoms with Crippen molar-refractivity contribution >= 4 is 28.9 Å². The van der Waals surface area contributed by atoms with Crippen LogP contribution in [0.4, 0.5) is 11.4 Å². The van der Waals surface area contributed by atoms with Crippen LogP contribution in [0, 0.1) is 6.92 Å². The number of carbonyl (C=O) groups excluding carboxylic acids is 1. The molecule has 1 aromatic heterocycles. The van der Waals surface area contributed by atoms with E-state index in [2.05, 4.69) is 10.6 Å². The van der Waals surface area contributed by atoms with Gasteiger partial charge in [-0.1, -0.05) is 0 Å². The molecule has 0 aliphatic rings. The van der Waals surface area contributed by atoms with Gasteiger partial charge in [-0.3, -0.25) is 4.79 Å². The van der Waals surface area contributed by atoms with Gasteiger partial charge in [0.05, 0.1) is 6.54 Å². The van der Waals surface area contributed by atoms with Crippen LogP contribution in [0.15, 0.2) is 34.7 Å². The highest BCUT2D eigenvalue weighted by Gasteiger charge is 2.03. The van der Waals surface area contributed by atoms with E-state index < -0.39 is 0 Å². The fourth-order valence-electron chi connectivity index (χ4n) is 1.74. The van der Waals surface area contributed by atoms with Crippen molar-refractivity contribution < 1.29 is 9.21 Å². The Morgan fingerprint density at radius 3 is 2.68 bits per heavy atom. The smallest absolute Gasteiger partial charge is 0.221 e. The van der Waals surface area contributed by atoms with E-state index in [0.717, 1.165) is 22.7 Å². The van der Waals surface area contributed by atoms with Gasteiger partial charge in [-0.05, 0) is 54.4 Å². The topological polar surface area (TPSA) is 54.3 Å². The molecule has 100 valence electrons. The van der Waals surface area contributed by atoms with Gasteiger partial charge in [0.15, 0.2) is 5.22 Å². The number of amides is 1. The number of aryl methyl sites for hydroxylation is 1. The largest absolute Gasteiger partial charge is 0.448 e. The lowest BCUT2D eigenvalue weighted by molar-refractivity contribution is -0.114. The lowest BCUT2D eigenvalue weighted by atomic mass is 10.1. The molecule has 1 heterocycles. The summed E-state index contributed by atoms with van der Waals surface area (Å²) < 4.78 is 5.26. The Hall–Kier alpha value is -1.94. The van der Waals surface area contributed by atoms with Crippen LogP contribution in [-0.4, -0.2) is 5.91 Å². The zero-order valence-electron chi connectivity index (χ0n) is 10.8. The number of halogens is 1. The first-order valence-corrected chi connectivity index (χ1v) is 6.29. The molecule has 19 heavy (non-hydrogen) atoms. The predicted octanol–water partition coefficient (Wildman–Crippen LogP) is 3.81. The molecule has 0 saturated heterocycles. The summed E-state index contributed by atoms with van der Waals surface area (Å²) in [6.07, 6.45) is 0. The van der Waals surface area contributed by atoms with E-state index in [9.17, 15) is 4.79 Å². The molecule has 0 aliphatic heterocycles. The Labute approximate surface area is 116 Å². The first-order chi connectivity index (χ1) is 9.04. The molecule has 1 aromatic carbocycles. The van der Waals surface area contributed by atoms with Crippen LogP contribution >= 0.6 is 11.6 Å². The molecule has 2 N–H and O–H groups in total. The summed E-state index contributed by atoms with van der Waals surface area (Å²) in [6, 6.07) is 9.28. The summed E-state index contributed by atoms with van der Waals surface area (Å²) in [5, 5.41) is 6.39. The minimum atomic E-state index is -0.0750. The number of rotatable bonds is 4. The van der Waals surface area contributed by atoms with Gasteiger partial charge in [0, 0.05) is 18.3 Å². The number of hydrogen-bond acceptors (Lipinski definition) is 3. The molecule has 0 aliphatic carbocycles. The number of anilines is 2. The van der Waals surface area contributed by atoms with Crippen LogP contribution in [0.2, 0.25) is 5.22 Å². The minimum absolute atomic E-state index is 0.0750. The second-order valence-corrected chi connectivity index (χ2v) is 4.64. The maximum Gasteiger partial charge on any atom is 0.221 e. The molecule has 5 heteroatoms. The van der Waals surface area contributed by atoms with Crippen LogP contribution < -0.4 is 10.6 Å². The van der Waals surface area contributed by atoms with Gasteiger partial charge < -0.3 is 15.1 Å². The van der Waals surface area contributed by atoms with Gasteiger partial charge in [-0.15, -0.1) is 0 Å². The summed E-state index contributed by atoms with van der Waals surface area (Å²) in [7, 11) is 0. The Morgan fingerprint density at radius 1 is 1.32 bits per heavy atom. The third-order valence-corrected chi connectivity index (χ3v) is 2.84. The molecule has 2 aromatic rings. The second kappa shape index (κ2) is 5.80. The Kier molecular flexibility index (Phi) is 4.12. The molecule has 1 amide bonds. The highest BCUT2D eigenvalue weighted by molar-refractivity contribution is 6.28. The van der Waals surface area contributed by atoms with Crippen LogP contribution in [0.1, 0.15) is 18.2 Å². The molecule has 0 spiro atoms. The normalized spacial score (nSPS) is 10.3. The molecule has 0 radical (unpaired) electrons. The van der Waals surface area contributed by atoms with Crippen molar-refractivity contribution in [2.45, 2.75) is 20.4 Å². The number of nitrogens with one attached hydrogen (secondary N) is 2. The van der Waals surface area contributed by atoms with E-state index in [1.165, 1.54) is 6.92 Å². The number of hydrogen-bond donors (Lipinski definition) is 2. The Morgan fingerprint density at radius 2 is 2.11 bits per heavy atom. The van der Waals surface area contributed by atoms with Crippen molar-refractivity contribution in [3.05, 3.63) is 46.9 Å². The third kappa shape index (κ3) is 3.76. The van der Waals surface area contributed by atoms with Gasteiger partial charge in [-0.25, -0.2) is 0 Å². The van der Waals surface area contributed by atoms with Crippen molar-refractivity contribution in [2.24, 2.45) is 0 Å². The Bertz CT molecular complexity index is 593. The van der Waals surface area contributed by atoms with Crippen molar-refractivity contribution in [1.82, 2.24) is 0 Å². The first-order valence-electron chi connectivity index (χ1n) is 5.91. The molecule has 2 rings (SSSR count). The Balaban J connectivity index is 2.01. The van der Waals surface area contributed by atoms with Gasteiger partial charge in [0.25, 0.3) is 0 Å². The highest BCUT2D eigenvalue weighted by Crippen LogP contribution is 2.21. The van der Waals surface area contributed by atoms with E-state index in [4.69, 9.17) is 16.0 Å². The van der Waals surface area contributed by atoms with Gasteiger partial charge in [-0.2, -0.15) is 0 Å². The van der Waals surface area contributed by atoms with Crippen LogP contribution in [0.5, 0.6) is 0 Å². The summed E-state index contributed by atoms with van der Waals surface area (Å²) in [5.74, 6) is 0.697. The fourth-order valence-corrected chi connectivity index (χ4v) is 1.90. The molecule has 4 nitrogen and oxygen atoms in total. The zero-order chi connectivity index (χ0) is 13.8. The van der Waals surface area contributed by atoms with Crippen molar-refractivity contribution in [3.8, 4) is 0 Å². The third-order valence-electron chi connectivity index (χ3n) is 2.63. The minimum Gasteiger partial charge on any atom is -0.448 e. The van der Waals surface area contributed by atoms with E-state index in [1.807, 2.05) is 31.2 Å². The first kappa shape index (κ1) is 13.5. The monoisotopic (exact) mass is 278 g/mol. The SMILES string of the molecule is CC(=O)Nc1ccc(NCc2ccc(Cl)o2)cc1C. The van der Waals surface area contributed by atoms with E-state index in [0.29, 0.717) is 11.8 Å². The predicted molar refractivity (Wildman–Crippen MR) is 76.5 cm³/mol. The second-order valence-electron chi connectivity index (χ2n) is 4.27. The van der Waals surface area contributed by atoms with Crippen molar-refractivity contribution in [3.63, 3.8) is 0 Å². The summed E-state index contributed by atoms with van der Waals surface area (Å²) in [5.41, 5.74) is 2.77. The maximum absolute atomic E-state index is 11.0. The highest BCUT2D eigenvalue weighted by atomic mass is 35.5. The standard InChI is InChI=1S/C14H15ClN2O2/c1-9-7-11(3-5-13(9)17-10(2)18)16-8-12-4-6-14(15)19-12/h3-7,16H,8H2,1-2H3,(H,17,18). The fraction of sp³-hybridized carbons (Fsp3) is 0.214. The summed E-state index contributed by atoms with van der Waals surface area (Å²) in [4.78, 5) is 11.0. The van der Waals surface area contributed by atoms with Gasteiger partial charge in [0.1, 0.15) is 5.76 Å². The van der Waals surface area contributed by atoms with E-state index in [1.54, 1.807) is 6.07 Å². The maximum atomic E-state index is 11.0. The van der Waals surface area contributed by atoms with Crippen molar-refractivity contribution in [1.29, 1.82) is 0 Å². The van der Waals surface area contributed by atoms with E-state index in [-0.39, 0.29) is 5.91 Å². The number of furan rings is 1. The molecule has 0 saturated carbocycles. The van der Waals surface area contributed by atoms with Crippen LogP contribution in [0.25, 0.3) is 0 Å². The van der Waals surface area contributed by atoms with Crippen molar-refractivity contribution in [2.75, 3.05) is 10.6 Å². The average Bonchev–Trinajstić information content (AvgIpc) is 2.75. The molecule has 0 fully saturated rings.